The van der Waals surface area contributed by atoms with Crippen molar-refractivity contribution in [3.63, 3.8) is 0 Å². The minimum absolute atomic E-state index is 0.0584. The molecule has 1 aliphatic heterocycles. The minimum atomic E-state index is -0.906. The summed E-state index contributed by atoms with van der Waals surface area (Å²) in [4.78, 5) is 24.6. The van der Waals surface area contributed by atoms with Gasteiger partial charge in [0.2, 0.25) is 5.91 Å². The fourth-order valence-electron chi connectivity index (χ4n) is 2.35. The summed E-state index contributed by atoms with van der Waals surface area (Å²) in [6, 6.07) is 7.08. The molecular weight excluding hydrogens is 230 g/mol. The summed E-state index contributed by atoms with van der Waals surface area (Å²) in [6.45, 7) is 2.36. The summed E-state index contributed by atoms with van der Waals surface area (Å²) >= 11 is 0. The smallest absolute Gasteiger partial charge is 0.326 e. The van der Waals surface area contributed by atoms with E-state index in [-0.39, 0.29) is 5.91 Å². The summed E-state index contributed by atoms with van der Waals surface area (Å²) in [7, 11) is 0. The lowest BCUT2D eigenvalue weighted by Gasteiger charge is -2.33. The number of carbonyl (C=O) groups is 2. The van der Waals surface area contributed by atoms with Crippen molar-refractivity contribution >= 4 is 11.9 Å². The highest BCUT2D eigenvalue weighted by molar-refractivity contribution is 5.84. The van der Waals surface area contributed by atoms with Gasteiger partial charge in [-0.25, -0.2) is 4.79 Å². The highest BCUT2D eigenvalue weighted by Gasteiger charge is 2.33. The molecule has 0 bridgehead atoms. The third-order valence-corrected chi connectivity index (χ3v) is 3.45. The molecule has 1 aliphatic rings. The summed E-state index contributed by atoms with van der Waals surface area (Å²) in [5, 5.41) is 9.18. The van der Waals surface area contributed by atoms with E-state index in [2.05, 4.69) is 0 Å². The third kappa shape index (κ3) is 2.53. The number of hydrogen-bond donors (Lipinski definition) is 1. The van der Waals surface area contributed by atoms with E-state index < -0.39 is 12.0 Å². The summed E-state index contributed by atoms with van der Waals surface area (Å²) < 4.78 is 0. The molecule has 1 saturated heterocycles. The lowest BCUT2D eigenvalue weighted by Crippen LogP contribution is -2.47. The lowest BCUT2D eigenvalue weighted by atomic mass is 9.99. The molecule has 0 radical (unpaired) electrons. The molecule has 2 rings (SSSR count). The summed E-state index contributed by atoms with van der Waals surface area (Å²) in [5.41, 5.74) is 2.10. The van der Waals surface area contributed by atoms with Crippen molar-refractivity contribution < 1.29 is 14.7 Å². The Labute approximate surface area is 106 Å². The molecule has 18 heavy (non-hydrogen) atoms. The van der Waals surface area contributed by atoms with Gasteiger partial charge in [-0.15, -0.1) is 0 Å². The van der Waals surface area contributed by atoms with Crippen LogP contribution in [0.5, 0.6) is 0 Å². The zero-order valence-corrected chi connectivity index (χ0v) is 10.4. The maximum Gasteiger partial charge on any atom is 0.326 e. The first-order valence-corrected chi connectivity index (χ1v) is 6.16. The van der Waals surface area contributed by atoms with Crippen molar-refractivity contribution in [1.29, 1.82) is 0 Å². The number of carboxylic acids is 1. The van der Waals surface area contributed by atoms with E-state index in [1.54, 1.807) is 0 Å². The Balaban J connectivity index is 2.21. The van der Waals surface area contributed by atoms with Crippen LogP contribution in [0, 0.1) is 6.92 Å². The van der Waals surface area contributed by atoms with Gasteiger partial charge in [-0.2, -0.15) is 0 Å². The normalized spacial score (nSPS) is 19.9. The summed E-state index contributed by atoms with van der Waals surface area (Å²) in [5.74, 6) is -0.964. The second kappa shape index (κ2) is 5.21. The van der Waals surface area contributed by atoms with Gasteiger partial charge < -0.3 is 10.0 Å². The van der Waals surface area contributed by atoms with Crippen LogP contribution in [0.25, 0.3) is 0 Å². The second-order valence-electron chi connectivity index (χ2n) is 4.69. The number of rotatable bonds is 3. The molecule has 4 heteroatoms. The van der Waals surface area contributed by atoms with Crippen molar-refractivity contribution in [2.45, 2.75) is 38.8 Å². The Morgan fingerprint density at radius 3 is 2.83 bits per heavy atom. The van der Waals surface area contributed by atoms with E-state index in [4.69, 9.17) is 0 Å². The van der Waals surface area contributed by atoms with Gasteiger partial charge in [0.25, 0.3) is 0 Å². The molecule has 0 aromatic heterocycles. The minimum Gasteiger partial charge on any atom is -0.480 e. The Bertz CT molecular complexity index is 470. The van der Waals surface area contributed by atoms with Gasteiger partial charge in [0.1, 0.15) is 6.04 Å². The number of nitrogens with zero attached hydrogens (tertiary/aromatic N) is 1. The van der Waals surface area contributed by atoms with Crippen LogP contribution >= 0.6 is 0 Å². The number of aryl methyl sites for hydroxylation is 1. The van der Waals surface area contributed by atoms with Crippen molar-refractivity contribution in [1.82, 2.24) is 4.90 Å². The predicted octanol–water partition coefficient (Wildman–Crippen LogP) is 1.96. The fraction of sp³-hybridized carbons (Fsp3) is 0.429. The highest BCUT2D eigenvalue weighted by atomic mass is 16.4. The molecule has 0 spiro atoms. The Kier molecular flexibility index (Phi) is 3.65. The SMILES string of the molecule is Cc1ccccc1CN1C(=O)CCCC1C(=O)O. The molecule has 1 aromatic carbocycles. The molecule has 1 heterocycles. The molecule has 1 amide bonds. The molecule has 1 fully saturated rings. The van der Waals surface area contributed by atoms with E-state index >= 15 is 0 Å². The van der Waals surface area contributed by atoms with Crippen LogP contribution in [0.1, 0.15) is 30.4 Å². The molecule has 1 N–H and O–H groups in total. The second-order valence-corrected chi connectivity index (χ2v) is 4.69. The fourth-order valence-corrected chi connectivity index (χ4v) is 2.35. The van der Waals surface area contributed by atoms with Gasteiger partial charge >= 0.3 is 5.97 Å². The average molecular weight is 247 g/mol. The lowest BCUT2D eigenvalue weighted by molar-refractivity contribution is -0.153. The standard InChI is InChI=1S/C14H17NO3/c1-10-5-2-3-6-11(10)9-15-12(14(17)18)7-4-8-13(15)16/h2-3,5-6,12H,4,7-9H2,1H3,(H,17,18). The molecule has 1 unspecified atom stereocenters. The number of aliphatic carboxylic acids is 1. The number of hydrogen-bond acceptors (Lipinski definition) is 2. The van der Waals surface area contributed by atoms with Crippen molar-refractivity contribution in [2.75, 3.05) is 0 Å². The number of carbonyl (C=O) groups excluding carboxylic acids is 1. The van der Waals surface area contributed by atoms with E-state index in [9.17, 15) is 14.7 Å². The maximum atomic E-state index is 11.9. The molecule has 96 valence electrons. The van der Waals surface area contributed by atoms with Crippen LogP contribution in [-0.4, -0.2) is 27.9 Å². The third-order valence-electron chi connectivity index (χ3n) is 3.45. The van der Waals surface area contributed by atoms with E-state index in [1.165, 1.54) is 4.90 Å². The van der Waals surface area contributed by atoms with Gasteiger partial charge in [-0.1, -0.05) is 24.3 Å². The first-order valence-electron chi connectivity index (χ1n) is 6.16. The number of piperidine rings is 1. The van der Waals surface area contributed by atoms with Gasteiger partial charge in [-0.05, 0) is 30.9 Å². The van der Waals surface area contributed by atoms with Gasteiger partial charge in [0.15, 0.2) is 0 Å². The quantitative estimate of drug-likeness (QED) is 0.888. The molecule has 4 nitrogen and oxygen atoms in total. The predicted molar refractivity (Wildman–Crippen MR) is 67.0 cm³/mol. The van der Waals surface area contributed by atoms with Crippen molar-refractivity contribution in [3.05, 3.63) is 35.4 Å². The van der Waals surface area contributed by atoms with Gasteiger partial charge in [-0.3, -0.25) is 4.79 Å². The van der Waals surface area contributed by atoms with Crippen LogP contribution in [0.4, 0.5) is 0 Å². The highest BCUT2D eigenvalue weighted by Crippen LogP contribution is 2.22. The van der Waals surface area contributed by atoms with E-state index in [0.717, 1.165) is 11.1 Å². The Morgan fingerprint density at radius 2 is 2.17 bits per heavy atom. The van der Waals surface area contributed by atoms with Crippen LogP contribution in [0.2, 0.25) is 0 Å². The monoisotopic (exact) mass is 247 g/mol. The maximum absolute atomic E-state index is 11.9. The van der Waals surface area contributed by atoms with Crippen molar-refractivity contribution in [3.8, 4) is 0 Å². The largest absolute Gasteiger partial charge is 0.480 e. The first kappa shape index (κ1) is 12.6. The Hall–Kier alpha value is -1.84. The van der Waals surface area contributed by atoms with Crippen LogP contribution < -0.4 is 0 Å². The summed E-state index contributed by atoms with van der Waals surface area (Å²) in [6.07, 6.45) is 1.67. The molecule has 0 aliphatic carbocycles. The Morgan fingerprint density at radius 1 is 1.44 bits per heavy atom. The van der Waals surface area contributed by atoms with E-state index in [0.29, 0.717) is 25.8 Å². The van der Waals surface area contributed by atoms with E-state index in [1.807, 2.05) is 31.2 Å². The van der Waals surface area contributed by atoms with Crippen molar-refractivity contribution in [2.24, 2.45) is 0 Å². The van der Waals surface area contributed by atoms with Gasteiger partial charge in [0, 0.05) is 13.0 Å². The number of benzene rings is 1. The van der Waals surface area contributed by atoms with Crippen LogP contribution in [-0.2, 0) is 16.1 Å². The zero-order chi connectivity index (χ0) is 13.1. The van der Waals surface area contributed by atoms with Crippen LogP contribution in [0.3, 0.4) is 0 Å². The first-order chi connectivity index (χ1) is 8.59. The van der Waals surface area contributed by atoms with Crippen LogP contribution in [0.15, 0.2) is 24.3 Å². The molecule has 0 saturated carbocycles. The number of amides is 1. The molecular formula is C14H17NO3. The zero-order valence-electron chi connectivity index (χ0n) is 10.4. The molecule has 1 aromatic rings. The molecule has 1 atom stereocenters. The topological polar surface area (TPSA) is 57.6 Å². The number of likely N-dealkylation sites (tertiary alicyclic amines) is 1. The van der Waals surface area contributed by atoms with Gasteiger partial charge in [0.05, 0.1) is 0 Å². The average Bonchev–Trinajstić information content (AvgIpc) is 2.34. The number of carboxylic acid groups (broad SMARTS) is 1.